The molecule has 1 aromatic rings. The molecule has 0 aliphatic rings. The second kappa shape index (κ2) is 5.89. The van der Waals surface area contributed by atoms with Gasteiger partial charge in [0.1, 0.15) is 11.4 Å². The van der Waals surface area contributed by atoms with Crippen molar-refractivity contribution >= 4 is 12.0 Å². The topological polar surface area (TPSA) is 102 Å². The van der Waals surface area contributed by atoms with Gasteiger partial charge in [0.15, 0.2) is 5.82 Å². The van der Waals surface area contributed by atoms with Gasteiger partial charge in [0.2, 0.25) is 0 Å². The van der Waals surface area contributed by atoms with E-state index < -0.39 is 11.5 Å². The van der Waals surface area contributed by atoms with Crippen LogP contribution in [0.25, 0.3) is 0 Å². The predicted molar refractivity (Wildman–Crippen MR) is 72.1 cm³/mol. The normalized spacial score (nSPS) is 11.2. The van der Waals surface area contributed by atoms with Crippen molar-refractivity contribution in [2.75, 3.05) is 13.6 Å². The number of nitrogens with one attached hydrogen (secondary N) is 1. The second-order valence-corrected chi connectivity index (χ2v) is 5.08. The highest BCUT2D eigenvalue weighted by molar-refractivity contribution is 5.85. The summed E-state index contributed by atoms with van der Waals surface area (Å²) in [6, 6.07) is -0.373. The van der Waals surface area contributed by atoms with E-state index in [-0.39, 0.29) is 12.6 Å². The molecule has 0 bridgehead atoms. The molecule has 0 radical (unpaired) electrons. The van der Waals surface area contributed by atoms with Gasteiger partial charge in [-0.2, -0.15) is 5.10 Å². The van der Waals surface area contributed by atoms with Crippen LogP contribution in [0.15, 0.2) is 0 Å². The van der Waals surface area contributed by atoms with Crippen LogP contribution in [0.2, 0.25) is 0 Å². The Hall–Kier alpha value is -2.12. The quantitative estimate of drug-likeness (QED) is 0.834. The van der Waals surface area contributed by atoms with Gasteiger partial charge in [-0.3, -0.25) is 5.10 Å². The first kappa shape index (κ1) is 15.9. The maximum absolute atomic E-state index is 12.4. The third-order valence-electron chi connectivity index (χ3n) is 3.09. The minimum absolute atomic E-state index is 0.218. The Morgan fingerprint density at radius 3 is 2.40 bits per heavy atom. The lowest BCUT2D eigenvalue weighted by Crippen LogP contribution is -2.56. The van der Waals surface area contributed by atoms with E-state index in [0.717, 1.165) is 0 Å². The summed E-state index contributed by atoms with van der Waals surface area (Å²) in [6.45, 7) is 7.03. The molecule has 8 heteroatoms. The fraction of sp³-hybridized carbons (Fsp3) is 0.667. The smallest absolute Gasteiger partial charge is 0.329 e. The van der Waals surface area contributed by atoms with Crippen molar-refractivity contribution in [1.29, 1.82) is 0 Å². The van der Waals surface area contributed by atoms with Crippen LogP contribution in [0, 0.1) is 6.92 Å². The summed E-state index contributed by atoms with van der Waals surface area (Å²) in [6.07, 6.45) is 0. The van der Waals surface area contributed by atoms with Gasteiger partial charge in [-0.25, -0.2) is 14.6 Å². The highest BCUT2D eigenvalue weighted by Crippen LogP contribution is 2.17. The molecule has 8 nitrogen and oxygen atoms in total. The summed E-state index contributed by atoms with van der Waals surface area (Å²) < 4.78 is 0. The summed E-state index contributed by atoms with van der Waals surface area (Å²) in [4.78, 5) is 30.4. The third-order valence-corrected chi connectivity index (χ3v) is 3.09. The van der Waals surface area contributed by atoms with Gasteiger partial charge in [-0.1, -0.05) is 0 Å². The number of amides is 2. The van der Waals surface area contributed by atoms with E-state index in [4.69, 9.17) is 0 Å². The molecule has 0 saturated carbocycles. The van der Waals surface area contributed by atoms with Crippen LogP contribution in [-0.2, 0) is 11.3 Å². The number of urea groups is 1. The predicted octanol–water partition coefficient (Wildman–Crippen LogP) is 0.850. The summed E-state index contributed by atoms with van der Waals surface area (Å²) in [5.41, 5.74) is -1.27. The van der Waals surface area contributed by atoms with Gasteiger partial charge < -0.3 is 14.9 Å². The second-order valence-electron chi connectivity index (χ2n) is 5.08. The number of aliphatic carboxylic acids is 1. The van der Waals surface area contributed by atoms with Gasteiger partial charge in [0.05, 0.1) is 6.54 Å². The third kappa shape index (κ3) is 3.25. The van der Waals surface area contributed by atoms with E-state index in [9.17, 15) is 14.7 Å². The lowest BCUT2D eigenvalue weighted by Gasteiger charge is -2.36. The molecule has 112 valence electrons. The van der Waals surface area contributed by atoms with Crippen molar-refractivity contribution in [2.45, 2.75) is 39.8 Å². The van der Waals surface area contributed by atoms with Crippen LogP contribution in [0.5, 0.6) is 0 Å². The zero-order chi connectivity index (χ0) is 15.5. The number of aromatic amines is 1. The summed E-state index contributed by atoms with van der Waals surface area (Å²) in [5, 5.41) is 15.9. The van der Waals surface area contributed by atoms with Crippen LogP contribution in [0.4, 0.5) is 4.79 Å². The number of nitrogens with zero attached hydrogens (tertiary/aromatic N) is 4. The molecule has 0 aliphatic carbocycles. The molecule has 0 unspecified atom stereocenters. The highest BCUT2D eigenvalue weighted by atomic mass is 16.4. The van der Waals surface area contributed by atoms with Crippen LogP contribution < -0.4 is 0 Å². The van der Waals surface area contributed by atoms with E-state index in [1.807, 2.05) is 0 Å². The molecule has 1 heterocycles. The Morgan fingerprint density at radius 2 is 2.00 bits per heavy atom. The molecule has 2 amide bonds. The molecule has 0 spiro atoms. The number of hydrogen-bond donors (Lipinski definition) is 2. The first-order valence-corrected chi connectivity index (χ1v) is 6.34. The Balaban J connectivity index is 2.83. The number of hydrogen-bond acceptors (Lipinski definition) is 4. The lowest BCUT2D eigenvalue weighted by atomic mass is 10.0. The zero-order valence-electron chi connectivity index (χ0n) is 12.5. The van der Waals surface area contributed by atoms with Crippen molar-refractivity contribution in [3.05, 3.63) is 11.6 Å². The minimum Gasteiger partial charge on any atom is -0.480 e. The first-order chi connectivity index (χ1) is 9.20. The van der Waals surface area contributed by atoms with Crippen LogP contribution in [0.3, 0.4) is 0 Å². The Kier molecular flexibility index (Phi) is 4.69. The molecule has 0 atom stereocenters. The molecule has 0 aromatic carbocycles. The average molecular weight is 283 g/mol. The number of likely N-dealkylation sites (N-methyl/N-ethyl adjacent to an activating group) is 1. The fourth-order valence-electron chi connectivity index (χ4n) is 1.83. The Labute approximate surface area is 117 Å². The summed E-state index contributed by atoms with van der Waals surface area (Å²) in [5.74, 6) is 0.108. The monoisotopic (exact) mass is 283 g/mol. The van der Waals surface area contributed by atoms with Crippen molar-refractivity contribution in [2.24, 2.45) is 0 Å². The first-order valence-electron chi connectivity index (χ1n) is 6.34. The number of aromatic nitrogens is 3. The van der Waals surface area contributed by atoms with Crippen molar-refractivity contribution < 1.29 is 14.7 Å². The molecular formula is C12H21N5O3. The van der Waals surface area contributed by atoms with Gasteiger partial charge >= 0.3 is 12.0 Å². The number of rotatable bonds is 5. The molecule has 20 heavy (non-hydrogen) atoms. The molecule has 1 rings (SSSR count). The van der Waals surface area contributed by atoms with Crippen LogP contribution in [-0.4, -0.2) is 61.2 Å². The SMILES string of the molecule is CCN(C(=O)N(C)Cc1n[nH]c(C)n1)C(C)(C)C(=O)O. The fourth-order valence-corrected chi connectivity index (χ4v) is 1.83. The van der Waals surface area contributed by atoms with Crippen molar-refractivity contribution in [3.63, 3.8) is 0 Å². The van der Waals surface area contributed by atoms with E-state index >= 15 is 0 Å². The van der Waals surface area contributed by atoms with Gasteiger partial charge in [0, 0.05) is 13.6 Å². The molecule has 2 N–H and O–H groups in total. The number of carbonyl (C=O) groups excluding carboxylic acids is 1. The number of H-pyrrole nitrogens is 1. The zero-order valence-corrected chi connectivity index (χ0v) is 12.5. The maximum Gasteiger partial charge on any atom is 0.329 e. The standard InChI is InChI=1S/C12H21N5O3/c1-6-17(12(3,4)10(18)19)11(20)16(5)7-9-13-8(2)14-15-9/h6-7H2,1-5H3,(H,18,19)(H,13,14,15). The van der Waals surface area contributed by atoms with Crippen molar-refractivity contribution in [3.8, 4) is 0 Å². The summed E-state index contributed by atoms with van der Waals surface area (Å²) in [7, 11) is 1.59. The van der Waals surface area contributed by atoms with E-state index in [1.54, 1.807) is 20.9 Å². The average Bonchev–Trinajstić information content (AvgIpc) is 2.74. The Bertz CT molecular complexity index is 497. The van der Waals surface area contributed by atoms with Crippen molar-refractivity contribution in [1.82, 2.24) is 25.0 Å². The molecule has 1 aromatic heterocycles. The minimum atomic E-state index is -1.27. The maximum atomic E-state index is 12.4. The number of carboxylic acids is 1. The van der Waals surface area contributed by atoms with Gasteiger partial charge in [-0.05, 0) is 27.7 Å². The van der Waals surface area contributed by atoms with Crippen LogP contribution >= 0.6 is 0 Å². The number of aryl methyl sites for hydroxylation is 1. The molecule has 0 fully saturated rings. The van der Waals surface area contributed by atoms with E-state index in [0.29, 0.717) is 18.2 Å². The lowest BCUT2D eigenvalue weighted by molar-refractivity contribution is -0.147. The molecular weight excluding hydrogens is 262 g/mol. The number of carboxylic acid groups (broad SMARTS) is 1. The van der Waals surface area contributed by atoms with Gasteiger partial charge in [-0.15, -0.1) is 0 Å². The van der Waals surface area contributed by atoms with E-state index in [1.165, 1.54) is 23.6 Å². The highest BCUT2D eigenvalue weighted by Gasteiger charge is 2.38. The molecule has 0 saturated heterocycles. The van der Waals surface area contributed by atoms with Gasteiger partial charge in [0.25, 0.3) is 0 Å². The number of carbonyl (C=O) groups is 2. The Morgan fingerprint density at radius 1 is 1.40 bits per heavy atom. The van der Waals surface area contributed by atoms with E-state index in [2.05, 4.69) is 15.2 Å². The van der Waals surface area contributed by atoms with Crippen LogP contribution in [0.1, 0.15) is 32.4 Å². The largest absolute Gasteiger partial charge is 0.480 e. The molecule has 0 aliphatic heterocycles. The summed E-state index contributed by atoms with van der Waals surface area (Å²) >= 11 is 0.